The standard InChI is InChI=1S/C22H23N3O6/c1-29-17-4-2-3-16(11-17)25-12-15(10-20(25)26)22(28)24-8-7-23-21(27)14-5-6-18-19(9-14)31-13-30-18/h2-6,9,11,15H,7-8,10,12-13H2,1H3,(H,23,27)(H,24,28). The summed E-state index contributed by atoms with van der Waals surface area (Å²) in [6.45, 7) is 0.977. The van der Waals surface area contributed by atoms with E-state index in [9.17, 15) is 14.4 Å². The second-order valence-corrected chi connectivity index (χ2v) is 7.22. The molecule has 1 atom stereocenters. The van der Waals surface area contributed by atoms with E-state index in [1.54, 1.807) is 48.4 Å². The fraction of sp³-hybridized carbons (Fsp3) is 0.318. The molecule has 31 heavy (non-hydrogen) atoms. The lowest BCUT2D eigenvalue weighted by atomic mass is 10.1. The first-order chi connectivity index (χ1) is 15.0. The number of carbonyl (C=O) groups is 3. The molecule has 3 amide bonds. The highest BCUT2D eigenvalue weighted by Gasteiger charge is 2.35. The smallest absolute Gasteiger partial charge is 0.251 e. The first kappa shape index (κ1) is 20.5. The molecule has 9 nitrogen and oxygen atoms in total. The minimum absolute atomic E-state index is 0.107. The second kappa shape index (κ2) is 8.95. The summed E-state index contributed by atoms with van der Waals surface area (Å²) in [5.74, 6) is 0.762. The Kier molecular flexibility index (Phi) is 5.92. The summed E-state index contributed by atoms with van der Waals surface area (Å²) >= 11 is 0. The lowest BCUT2D eigenvalue weighted by Crippen LogP contribution is -2.38. The molecule has 0 bridgehead atoms. The Labute approximate surface area is 179 Å². The number of hydrogen-bond donors (Lipinski definition) is 2. The van der Waals surface area contributed by atoms with Crippen LogP contribution in [-0.2, 0) is 9.59 Å². The van der Waals surface area contributed by atoms with Gasteiger partial charge in [-0.1, -0.05) is 6.07 Å². The van der Waals surface area contributed by atoms with Crippen molar-refractivity contribution >= 4 is 23.4 Å². The molecule has 162 valence electrons. The Hall–Kier alpha value is -3.75. The summed E-state index contributed by atoms with van der Waals surface area (Å²) < 4.78 is 15.7. The predicted molar refractivity (Wildman–Crippen MR) is 111 cm³/mol. The van der Waals surface area contributed by atoms with Gasteiger partial charge in [0.2, 0.25) is 18.6 Å². The van der Waals surface area contributed by atoms with Crippen LogP contribution in [0.25, 0.3) is 0 Å². The number of carbonyl (C=O) groups excluding carboxylic acids is 3. The quantitative estimate of drug-likeness (QED) is 0.649. The van der Waals surface area contributed by atoms with E-state index in [0.717, 1.165) is 0 Å². The van der Waals surface area contributed by atoms with Crippen LogP contribution < -0.4 is 29.7 Å². The summed E-state index contributed by atoms with van der Waals surface area (Å²) in [6, 6.07) is 12.1. The van der Waals surface area contributed by atoms with E-state index in [1.807, 2.05) is 6.07 Å². The van der Waals surface area contributed by atoms with Crippen LogP contribution in [0.1, 0.15) is 16.8 Å². The van der Waals surface area contributed by atoms with Crippen molar-refractivity contribution in [3.63, 3.8) is 0 Å². The van der Waals surface area contributed by atoms with Gasteiger partial charge in [-0.2, -0.15) is 0 Å². The van der Waals surface area contributed by atoms with Gasteiger partial charge in [0.15, 0.2) is 11.5 Å². The number of benzene rings is 2. The largest absolute Gasteiger partial charge is 0.497 e. The van der Waals surface area contributed by atoms with Crippen LogP contribution in [0.4, 0.5) is 5.69 Å². The molecule has 1 unspecified atom stereocenters. The van der Waals surface area contributed by atoms with Crippen LogP contribution in [0.2, 0.25) is 0 Å². The molecular formula is C22H23N3O6. The van der Waals surface area contributed by atoms with Gasteiger partial charge in [-0.25, -0.2) is 0 Å². The van der Waals surface area contributed by atoms with Gasteiger partial charge in [0, 0.05) is 43.4 Å². The first-order valence-electron chi connectivity index (χ1n) is 9.95. The summed E-state index contributed by atoms with van der Waals surface area (Å²) in [7, 11) is 1.56. The maximum absolute atomic E-state index is 12.5. The minimum Gasteiger partial charge on any atom is -0.497 e. The number of nitrogens with one attached hydrogen (secondary N) is 2. The zero-order valence-electron chi connectivity index (χ0n) is 17.1. The number of amides is 3. The van der Waals surface area contributed by atoms with Gasteiger partial charge in [-0.15, -0.1) is 0 Å². The van der Waals surface area contributed by atoms with Crippen molar-refractivity contribution in [1.29, 1.82) is 0 Å². The van der Waals surface area contributed by atoms with Gasteiger partial charge in [-0.05, 0) is 30.3 Å². The monoisotopic (exact) mass is 425 g/mol. The van der Waals surface area contributed by atoms with Crippen molar-refractivity contribution < 1.29 is 28.6 Å². The highest BCUT2D eigenvalue weighted by atomic mass is 16.7. The van der Waals surface area contributed by atoms with E-state index < -0.39 is 5.92 Å². The molecule has 1 fully saturated rings. The van der Waals surface area contributed by atoms with Crippen molar-refractivity contribution in [3.05, 3.63) is 48.0 Å². The summed E-state index contributed by atoms with van der Waals surface area (Å²) in [6.07, 6.45) is 0.145. The maximum atomic E-state index is 12.5. The predicted octanol–water partition coefficient (Wildman–Crippen LogP) is 1.32. The van der Waals surface area contributed by atoms with E-state index >= 15 is 0 Å². The molecule has 0 aromatic heterocycles. The van der Waals surface area contributed by atoms with Gasteiger partial charge in [-0.3, -0.25) is 14.4 Å². The Morgan fingerprint density at radius 2 is 1.90 bits per heavy atom. The van der Waals surface area contributed by atoms with Gasteiger partial charge in [0.1, 0.15) is 5.75 Å². The molecule has 2 heterocycles. The molecule has 0 saturated carbocycles. The minimum atomic E-state index is -0.441. The molecule has 9 heteroatoms. The summed E-state index contributed by atoms with van der Waals surface area (Å²) in [4.78, 5) is 38.7. The van der Waals surface area contributed by atoms with Crippen molar-refractivity contribution in [2.75, 3.05) is 38.4 Å². The Morgan fingerprint density at radius 3 is 2.74 bits per heavy atom. The Morgan fingerprint density at radius 1 is 1.10 bits per heavy atom. The highest BCUT2D eigenvalue weighted by Crippen LogP contribution is 2.32. The molecule has 2 N–H and O–H groups in total. The molecule has 0 aliphatic carbocycles. The highest BCUT2D eigenvalue weighted by molar-refractivity contribution is 6.00. The molecule has 2 aromatic rings. The number of nitrogens with zero attached hydrogens (tertiary/aromatic N) is 1. The van der Waals surface area contributed by atoms with Gasteiger partial charge in [0.05, 0.1) is 13.0 Å². The molecule has 1 saturated heterocycles. The van der Waals surface area contributed by atoms with E-state index in [1.165, 1.54) is 0 Å². The van der Waals surface area contributed by atoms with Crippen LogP contribution in [0.5, 0.6) is 17.2 Å². The average Bonchev–Trinajstić information content (AvgIpc) is 3.42. The SMILES string of the molecule is COc1cccc(N2CC(C(=O)NCCNC(=O)c3ccc4c(c3)OCO4)CC2=O)c1. The summed E-state index contributed by atoms with van der Waals surface area (Å²) in [5, 5.41) is 5.54. The fourth-order valence-electron chi connectivity index (χ4n) is 3.56. The number of methoxy groups -OCH3 is 1. The molecule has 2 aliphatic rings. The Bertz CT molecular complexity index is 1010. The van der Waals surface area contributed by atoms with Crippen LogP contribution in [0, 0.1) is 5.92 Å². The van der Waals surface area contributed by atoms with Crippen molar-refractivity contribution in [1.82, 2.24) is 10.6 Å². The Balaban J connectivity index is 1.24. The van der Waals surface area contributed by atoms with Crippen molar-refractivity contribution in [3.8, 4) is 17.2 Å². The van der Waals surface area contributed by atoms with Crippen molar-refractivity contribution in [2.24, 2.45) is 5.92 Å². The molecule has 0 spiro atoms. The van der Waals surface area contributed by atoms with Gasteiger partial charge in [0.25, 0.3) is 5.91 Å². The van der Waals surface area contributed by atoms with E-state index in [4.69, 9.17) is 14.2 Å². The van der Waals surface area contributed by atoms with Gasteiger partial charge >= 0.3 is 0 Å². The lowest BCUT2D eigenvalue weighted by molar-refractivity contribution is -0.126. The number of rotatable bonds is 7. The fourth-order valence-corrected chi connectivity index (χ4v) is 3.56. The number of hydrogen-bond acceptors (Lipinski definition) is 6. The van der Waals surface area contributed by atoms with Crippen LogP contribution in [0.15, 0.2) is 42.5 Å². The van der Waals surface area contributed by atoms with Crippen LogP contribution >= 0.6 is 0 Å². The van der Waals surface area contributed by atoms with Crippen LogP contribution in [0.3, 0.4) is 0 Å². The average molecular weight is 425 g/mol. The molecular weight excluding hydrogens is 402 g/mol. The maximum Gasteiger partial charge on any atom is 0.251 e. The van der Waals surface area contributed by atoms with Crippen molar-refractivity contribution in [2.45, 2.75) is 6.42 Å². The zero-order chi connectivity index (χ0) is 21.8. The molecule has 2 aromatic carbocycles. The topological polar surface area (TPSA) is 106 Å². The molecule has 0 radical (unpaired) electrons. The lowest BCUT2D eigenvalue weighted by Gasteiger charge is -2.17. The van der Waals surface area contributed by atoms with Gasteiger partial charge < -0.3 is 29.7 Å². The first-order valence-corrected chi connectivity index (χ1v) is 9.95. The number of fused-ring (bicyclic) bond motifs is 1. The zero-order valence-corrected chi connectivity index (χ0v) is 17.1. The van der Waals surface area contributed by atoms with E-state index in [-0.39, 0.29) is 44.0 Å². The third-order valence-electron chi connectivity index (χ3n) is 5.21. The summed E-state index contributed by atoms with van der Waals surface area (Å²) in [5.41, 5.74) is 1.15. The van der Waals surface area contributed by atoms with E-state index in [0.29, 0.717) is 35.0 Å². The molecule has 4 rings (SSSR count). The van der Waals surface area contributed by atoms with Crippen LogP contribution in [-0.4, -0.2) is 51.3 Å². The third kappa shape index (κ3) is 4.55. The van der Waals surface area contributed by atoms with E-state index in [2.05, 4.69) is 10.6 Å². The third-order valence-corrected chi connectivity index (χ3v) is 5.21. The number of ether oxygens (including phenoxy) is 3. The second-order valence-electron chi connectivity index (χ2n) is 7.22. The number of anilines is 1. The molecule has 2 aliphatic heterocycles. The normalized spacial score (nSPS) is 16.9.